The largest absolute Gasteiger partial charge is 0.460 e. The number of hydrogen-bond acceptors (Lipinski definition) is 5. The molecule has 2 aromatic rings. The van der Waals surface area contributed by atoms with Crippen LogP contribution in [0.25, 0.3) is 11.3 Å². The SMILES string of the molecule is Cc1ccc(-c2ccc([C@@H]3C(C#N)=C(N)OC4=C3C(=O)CC(C)(C)C4)o2)cc1. The molecule has 1 aromatic carbocycles. The van der Waals surface area contributed by atoms with Crippen LogP contribution in [-0.2, 0) is 9.53 Å². The second-order valence-electron chi connectivity index (χ2n) is 8.27. The quantitative estimate of drug-likeness (QED) is 0.822. The molecule has 2 N–H and O–H groups in total. The van der Waals surface area contributed by atoms with Crippen molar-refractivity contribution in [1.29, 1.82) is 5.26 Å². The van der Waals surface area contributed by atoms with Crippen molar-refractivity contribution in [1.82, 2.24) is 0 Å². The van der Waals surface area contributed by atoms with Gasteiger partial charge in [0.2, 0.25) is 5.88 Å². The molecule has 0 saturated heterocycles. The van der Waals surface area contributed by atoms with E-state index in [2.05, 4.69) is 6.07 Å². The number of Topliss-reactive ketones (excluding diaryl/α,β-unsaturated/α-hetero) is 1. The number of allylic oxidation sites excluding steroid dienone is 3. The van der Waals surface area contributed by atoms with Gasteiger partial charge < -0.3 is 14.9 Å². The summed E-state index contributed by atoms with van der Waals surface area (Å²) in [6.07, 6.45) is 0.991. The van der Waals surface area contributed by atoms with E-state index >= 15 is 0 Å². The van der Waals surface area contributed by atoms with Gasteiger partial charge >= 0.3 is 0 Å². The van der Waals surface area contributed by atoms with Crippen molar-refractivity contribution in [3.8, 4) is 17.4 Å². The van der Waals surface area contributed by atoms with Crippen LogP contribution in [0.15, 0.2) is 63.6 Å². The van der Waals surface area contributed by atoms with Gasteiger partial charge in [-0.3, -0.25) is 4.79 Å². The van der Waals surface area contributed by atoms with Crippen molar-refractivity contribution < 1.29 is 13.9 Å². The number of carbonyl (C=O) groups excluding carboxylic acids is 1. The highest BCUT2D eigenvalue weighted by atomic mass is 16.5. The summed E-state index contributed by atoms with van der Waals surface area (Å²) in [4.78, 5) is 13.0. The number of ether oxygens (including phenoxy) is 1. The number of nitriles is 1. The number of nitrogens with zero attached hydrogens (tertiary/aromatic N) is 1. The third-order valence-electron chi connectivity index (χ3n) is 5.32. The van der Waals surface area contributed by atoms with Crippen LogP contribution in [0.4, 0.5) is 0 Å². The van der Waals surface area contributed by atoms with E-state index in [9.17, 15) is 10.1 Å². The molecule has 1 aliphatic heterocycles. The lowest BCUT2D eigenvalue weighted by Gasteiger charge is -2.36. The first-order valence-electron chi connectivity index (χ1n) is 9.30. The summed E-state index contributed by atoms with van der Waals surface area (Å²) in [5.74, 6) is 1.16. The Hall–Kier alpha value is -3.26. The fourth-order valence-corrected chi connectivity index (χ4v) is 3.95. The monoisotopic (exact) mass is 374 g/mol. The normalized spacial score (nSPS) is 21.2. The summed E-state index contributed by atoms with van der Waals surface area (Å²) >= 11 is 0. The number of ketones is 1. The standard InChI is InChI=1S/C23H22N2O3/c1-13-4-6-14(7-5-13)17-8-9-18(27-17)20-15(12-24)22(25)28-19-11-23(2,3)10-16(26)21(19)20/h4-9,20H,10-11,25H2,1-3H3/t20-/m0/s1. The fourth-order valence-electron chi connectivity index (χ4n) is 3.95. The van der Waals surface area contributed by atoms with Crippen LogP contribution in [0, 0.1) is 23.7 Å². The Kier molecular flexibility index (Phi) is 4.15. The average Bonchev–Trinajstić information content (AvgIpc) is 3.09. The average molecular weight is 374 g/mol. The molecule has 0 bridgehead atoms. The molecule has 28 heavy (non-hydrogen) atoms. The summed E-state index contributed by atoms with van der Waals surface area (Å²) in [5.41, 5.74) is 8.64. The number of furan rings is 1. The van der Waals surface area contributed by atoms with Crippen molar-refractivity contribution in [2.45, 2.75) is 39.5 Å². The van der Waals surface area contributed by atoms with Gasteiger partial charge in [-0.15, -0.1) is 0 Å². The van der Waals surface area contributed by atoms with E-state index in [4.69, 9.17) is 14.9 Å². The molecule has 5 heteroatoms. The second-order valence-corrected chi connectivity index (χ2v) is 8.27. The lowest BCUT2D eigenvalue weighted by Crippen LogP contribution is -2.33. The Labute approximate surface area is 164 Å². The van der Waals surface area contributed by atoms with E-state index in [0.717, 1.165) is 11.1 Å². The van der Waals surface area contributed by atoms with Crippen LogP contribution in [0.2, 0.25) is 0 Å². The third-order valence-corrected chi connectivity index (χ3v) is 5.32. The van der Waals surface area contributed by atoms with Crippen LogP contribution >= 0.6 is 0 Å². The van der Waals surface area contributed by atoms with E-state index in [1.807, 2.05) is 57.2 Å². The van der Waals surface area contributed by atoms with Crippen LogP contribution in [-0.4, -0.2) is 5.78 Å². The number of nitrogens with two attached hydrogens (primary N) is 1. The number of hydrogen-bond donors (Lipinski definition) is 1. The minimum atomic E-state index is -0.628. The molecule has 4 rings (SSSR count). The summed E-state index contributed by atoms with van der Waals surface area (Å²) < 4.78 is 11.8. The zero-order valence-corrected chi connectivity index (χ0v) is 16.2. The summed E-state index contributed by atoms with van der Waals surface area (Å²) in [7, 11) is 0. The molecule has 2 aliphatic rings. The van der Waals surface area contributed by atoms with Crippen LogP contribution in [0.5, 0.6) is 0 Å². The molecule has 0 amide bonds. The number of aryl methyl sites for hydroxylation is 1. The maximum Gasteiger partial charge on any atom is 0.205 e. The van der Waals surface area contributed by atoms with Crippen LogP contribution in [0.1, 0.15) is 43.9 Å². The molecule has 0 radical (unpaired) electrons. The molecule has 0 fully saturated rings. The van der Waals surface area contributed by atoms with E-state index < -0.39 is 5.92 Å². The van der Waals surface area contributed by atoms with E-state index in [1.165, 1.54) is 0 Å². The first-order valence-corrected chi connectivity index (χ1v) is 9.30. The van der Waals surface area contributed by atoms with Crippen LogP contribution < -0.4 is 5.73 Å². The number of carbonyl (C=O) groups is 1. The van der Waals surface area contributed by atoms with E-state index in [1.54, 1.807) is 0 Å². The van der Waals surface area contributed by atoms with Gasteiger partial charge in [-0.25, -0.2) is 0 Å². The first-order chi connectivity index (χ1) is 13.3. The molecule has 1 aliphatic carbocycles. The molecule has 0 saturated carbocycles. The zero-order valence-electron chi connectivity index (χ0n) is 16.2. The van der Waals surface area contributed by atoms with Gasteiger partial charge in [0, 0.05) is 24.0 Å². The second kappa shape index (κ2) is 6.42. The van der Waals surface area contributed by atoms with Crippen LogP contribution in [0.3, 0.4) is 0 Å². The lowest BCUT2D eigenvalue weighted by atomic mass is 9.71. The van der Waals surface area contributed by atoms with Gasteiger partial charge in [-0.2, -0.15) is 5.26 Å². The Morgan fingerprint density at radius 3 is 2.54 bits per heavy atom. The minimum absolute atomic E-state index is 0.0233. The van der Waals surface area contributed by atoms with E-state index in [0.29, 0.717) is 35.7 Å². The molecular weight excluding hydrogens is 352 g/mol. The highest BCUT2D eigenvalue weighted by Crippen LogP contribution is 2.48. The predicted molar refractivity (Wildman–Crippen MR) is 105 cm³/mol. The molecule has 5 nitrogen and oxygen atoms in total. The summed E-state index contributed by atoms with van der Waals surface area (Å²) in [5, 5.41) is 9.68. The maximum atomic E-state index is 13.0. The molecule has 1 atom stereocenters. The molecule has 0 spiro atoms. The van der Waals surface area contributed by atoms with Crippen molar-refractivity contribution in [3.05, 3.63) is 70.5 Å². The topological polar surface area (TPSA) is 89.3 Å². The lowest BCUT2D eigenvalue weighted by molar-refractivity contribution is -0.119. The number of benzene rings is 1. The first kappa shape index (κ1) is 18.1. The number of rotatable bonds is 2. The van der Waals surface area contributed by atoms with Crippen molar-refractivity contribution in [2.24, 2.45) is 11.1 Å². The molecule has 2 heterocycles. The Morgan fingerprint density at radius 2 is 1.86 bits per heavy atom. The molecule has 142 valence electrons. The van der Waals surface area contributed by atoms with Gasteiger partial charge in [0.05, 0.1) is 5.92 Å². The zero-order chi connectivity index (χ0) is 20.1. The van der Waals surface area contributed by atoms with Gasteiger partial charge in [0.1, 0.15) is 28.9 Å². The van der Waals surface area contributed by atoms with Gasteiger partial charge in [0.25, 0.3) is 0 Å². The predicted octanol–water partition coefficient (Wildman–Crippen LogP) is 4.71. The van der Waals surface area contributed by atoms with Gasteiger partial charge in [-0.1, -0.05) is 43.7 Å². The molecule has 0 unspecified atom stereocenters. The Balaban J connectivity index is 1.81. The van der Waals surface area contributed by atoms with E-state index in [-0.39, 0.29) is 22.7 Å². The molecular formula is C23H22N2O3. The van der Waals surface area contributed by atoms with Gasteiger partial charge in [-0.05, 0) is 24.5 Å². The highest BCUT2D eigenvalue weighted by Gasteiger charge is 2.44. The maximum absolute atomic E-state index is 13.0. The van der Waals surface area contributed by atoms with Crippen molar-refractivity contribution in [3.63, 3.8) is 0 Å². The van der Waals surface area contributed by atoms with Crippen molar-refractivity contribution in [2.75, 3.05) is 0 Å². The Morgan fingerprint density at radius 1 is 1.14 bits per heavy atom. The van der Waals surface area contributed by atoms with Gasteiger partial charge in [0.15, 0.2) is 5.78 Å². The third kappa shape index (κ3) is 3.01. The van der Waals surface area contributed by atoms with Crippen molar-refractivity contribution >= 4 is 5.78 Å². The highest BCUT2D eigenvalue weighted by molar-refractivity contribution is 5.99. The minimum Gasteiger partial charge on any atom is -0.460 e. The Bertz CT molecular complexity index is 1060. The smallest absolute Gasteiger partial charge is 0.205 e. The summed E-state index contributed by atoms with van der Waals surface area (Å²) in [6, 6.07) is 13.8. The molecule has 1 aromatic heterocycles. The summed E-state index contributed by atoms with van der Waals surface area (Å²) in [6.45, 7) is 6.07. The fraction of sp³-hybridized carbons (Fsp3) is 0.304.